The van der Waals surface area contributed by atoms with Crippen LogP contribution in [0.25, 0.3) is 0 Å². The van der Waals surface area contributed by atoms with Crippen LogP contribution < -0.4 is 11.1 Å². The molecule has 0 radical (unpaired) electrons. The normalized spacial score (nSPS) is 23.6. The van der Waals surface area contributed by atoms with Gasteiger partial charge in [-0.1, -0.05) is 32.0 Å². The SMILES string of the molecule is Cc1cccc(C(C)C)c1NCC1CCC(N)CC1. The molecule has 0 unspecified atom stereocenters. The zero-order valence-corrected chi connectivity index (χ0v) is 12.6. The van der Waals surface area contributed by atoms with Crippen LogP contribution >= 0.6 is 0 Å². The van der Waals surface area contributed by atoms with E-state index in [1.165, 1.54) is 42.5 Å². The van der Waals surface area contributed by atoms with Crippen LogP contribution in [0.5, 0.6) is 0 Å². The molecule has 106 valence electrons. The lowest BCUT2D eigenvalue weighted by Gasteiger charge is -2.27. The molecule has 2 heteroatoms. The Balaban J connectivity index is 1.99. The molecule has 0 amide bonds. The first-order valence-electron chi connectivity index (χ1n) is 7.67. The van der Waals surface area contributed by atoms with E-state index in [2.05, 4.69) is 44.3 Å². The molecule has 0 aromatic heterocycles. The molecule has 0 atom stereocenters. The Morgan fingerprint density at radius 1 is 1.21 bits per heavy atom. The first kappa shape index (κ1) is 14.4. The average molecular weight is 260 g/mol. The van der Waals surface area contributed by atoms with Crippen LogP contribution in [0.4, 0.5) is 5.69 Å². The summed E-state index contributed by atoms with van der Waals surface area (Å²) in [6.07, 6.45) is 4.93. The number of anilines is 1. The van der Waals surface area contributed by atoms with E-state index in [0.29, 0.717) is 12.0 Å². The second kappa shape index (κ2) is 6.42. The summed E-state index contributed by atoms with van der Waals surface area (Å²) in [7, 11) is 0. The minimum absolute atomic E-state index is 0.445. The maximum Gasteiger partial charge on any atom is 0.0405 e. The van der Waals surface area contributed by atoms with Gasteiger partial charge in [-0.2, -0.15) is 0 Å². The van der Waals surface area contributed by atoms with E-state index in [1.54, 1.807) is 0 Å². The fourth-order valence-electron chi connectivity index (χ4n) is 3.05. The van der Waals surface area contributed by atoms with Gasteiger partial charge >= 0.3 is 0 Å². The van der Waals surface area contributed by atoms with Crippen molar-refractivity contribution in [1.82, 2.24) is 0 Å². The Labute approximate surface area is 117 Å². The highest BCUT2D eigenvalue weighted by Gasteiger charge is 2.19. The predicted molar refractivity (Wildman–Crippen MR) is 83.7 cm³/mol. The first-order chi connectivity index (χ1) is 9.08. The number of hydrogen-bond donors (Lipinski definition) is 2. The smallest absolute Gasteiger partial charge is 0.0405 e. The molecule has 0 spiro atoms. The Morgan fingerprint density at radius 2 is 1.89 bits per heavy atom. The molecular weight excluding hydrogens is 232 g/mol. The quantitative estimate of drug-likeness (QED) is 0.857. The molecule has 2 nitrogen and oxygen atoms in total. The number of aryl methyl sites for hydroxylation is 1. The molecule has 2 rings (SSSR count). The second-order valence-electron chi connectivity index (χ2n) is 6.36. The monoisotopic (exact) mass is 260 g/mol. The van der Waals surface area contributed by atoms with Crippen molar-refractivity contribution in [2.24, 2.45) is 11.7 Å². The third kappa shape index (κ3) is 3.73. The van der Waals surface area contributed by atoms with Gasteiger partial charge in [0.2, 0.25) is 0 Å². The topological polar surface area (TPSA) is 38.0 Å². The fraction of sp³-hybridized carbons (Fsp3) is 0.647. The summed E-state index contributed by atoms with van der Waals surface area (Å²) in [4.78, 5) is 0. The Morgan fingerprint density at radius 3 is 2.53 bits per heavy atom. The van der Waals surface area contributed by atoms with Crippen LogP contribution in [-0.2, 0) is 0 Å². The van der Waals surface area contributed by atoms with Gasteiger partial charge in [-0.15, -0.1) is 0 Å². The molecule has 0 saturated heterocycles. The van der Waals surface area contributed by atoms with Gasteiger partial charge in [0.15, 0.2) is 0 Å². The number of rotatable bonds is 4. The van der Waals surface area contributed by atoms with Crippen molar-refractivity contribution in [1.29, 1.82) is 0 Å². The third-order valence-corrected chi connectivity index (χ3v) is 4.39. The molecule has 1 fully saturated rings. The van der Waals surface area contributed by atoms with Crippen LogP contribution in [0.2, 0.25) is 0 Å². The highest BCUT2D eigenvalue weighted by atomic mass is 14.9. The van der Waals surface area contributed by atoms with E-state index in [4.69, 9.17) is 5.73 Å². The van der Waals surface area contributed by atoms with Gasteiger partial charge in [0.25, 0.3) is 0 Å². The van der Waals surface area contributed by atoms with Crippen LogP contribution in [-0.4, -0.2) is 12.6 Å². The van der Waals surface area contributed by atoms with Crippen molar-refractivity contribution < 1.29 is 0 Å². The van der Waals surface area contributed by atoms with Crippen LogP contribution in [0.1, 0.15) is 56.6 Å². The van der Waals surface area contributed by atoms with Crippen molar-refractivity contribution in [3.05, 3.63) is 29.3 Å². The Kier molecular flexibility index (Phi) is 4.87. The summed E-state index contributed by atoms with van der Waals surface area (Å²) in [5.41, 5.74) is 10.1. The molecule has 0 heterocycles. The molecule has 1 aliphatic rings. The van der Waals surface area contributed by atoms with Gasteiger partial charge < -0.3 is 11.1 Å². The van der Waals surface area contributed by atoms with E-state index in [1.807, 2.05) is 0 Å². The van der Waals surface area contributed by atoms with E-state index >= 15 is 0 Å². The van der Waals surface area contributed by atoms with Gasteiger partial charge in [-0.3, -0.25) is 0 Å². The third-order valence-electron chi connectivity index (χ3n) is 4.39. The van der Waals surface area contributed by atoms with Gasteiger partial charge in [0.05, 0.1) is 0 Å². The number of para-hydroxylation sites is 1. The molecular formula is C17H28N2. The van der Waals surface area contributed by atoms with Gasteiger partial charge in [0.1, 0.15) is 0 Å². The van der Waals surface area contributed by atoms with E-state index in [-0.39, 0.29) is 0 Å². The summed E-state index contributed by atoms with van der Waals surface area (Å²) in [5, 5.41) is 3.71. The summed E-state index contributed by atoms with van der Waals surface area (Å²) in [6.45, 7) is 7.82. The number of hydrogen-bond acceptors (Lipinski definition) is 2. The highest BCUT2D eigenvalue weighted by Crippen LogP contribution is 2.29. The summed E-state index contributed by atoms with van der Waals surface area (Å²) in [5.74, 6) is 1.36. The Bertz CT molecular complexity index is 404. The average Bonchev–Trinajstić information content (AvgIpc) is 2.39. The van der Waals surface area contributed by atoms with E-state index in [9.17, 15) is 0 Å². The molecule has 1 aromatic rings. The molecule has 1 saturated carbocycles. The largest absolute Gasteiger partial charge is 0.384 e. The van der Waals surface area contributed by atoms with Crippen molar-refractivity contribution in [3.8, 4) is 0 Å². The molecule has 3 N–H and O–H groups in total. The highest BCUT2D eigenvalue weighted by molar-refractivity contribution is 5.58. The molecule has 1 aromatic carbocycles. The minimum Gasteiger partial charge on any atom is -0.384 e. The number of nitrogens with two attached hydrogens (primary N) is 1. The van der Waals surface area contributed by atoms with Gasteiger partial charge in [0, 0.05) is 18.3 Å². The van der Waals surface area contributed by atoms with Crippen molar-refractivity contribution in [3.63, 3.8) is 0 Å². The molecule has 19 heavy (non-hydrogen) atoms. The minimum atomic E-state index is 0.445. The molecule has 0 bridgehead atoms. The lowest BCUT2D eigenvalue weighted by atomic mass is 9.86. The van der Waals surface area contributed by atoms with E-state index < -0.39 is 0 Å². The lowest BCUT2D eigenvalue weighted by Crippen LogP contribution is -2.29. The maximum atomic E-state index is 5.97. The number of benzene rings is 1. The molecule has 1 aliphatic carbocycles. The fourth-order valence-corrected chi connectivity index (χ4v) is 3.05. The van der Waals surface area contributed by atoms with Crippen LogP contribution in [0, 0.1) is 12.8 Å². The van der Waals surface area contributed by atoms with Gasteiger partial charge in [-0.25, -0.2) is 0 Å². The Hall–Kier alpha value is -1.02. The molecule has 0 aliphatic heterocycles. The number of nitrogens with one attached hydrogen (secondary N) is 1. The standard InChI is InChI=1S/C17H28N2/c1-12(2)16-6-4-5-13(3)17(16)19-11-14-7-9-15(18)10-8-14/h4-6,12,14-15,19H,7-11,18H2,1-3H3. The summed E-state index contributed by atoms with van der Waals surface area (Å²) < 4.78 is 0. The van der Waals surface area contributed by atoms with Crippen molar-refractivity contribution in [2.45, 2.75) is 58.4 Å². The van der Waals surface area contributed by atoms with Crippen LogP contribution in [0.3, 0.4) is 0 Å². The summed E-state index contributed by atoms with van der Waals surface area (Å²) in [6, 6.07) is 7.05. The maximum absolute atomic E-state index is 5.97. The predicted octanol–water partition coefficient (Wildman–Crippen LogP) is 4.05. The van der Waals surface area contributed by atoms with E-state index in [0.717, 1.165) is 12.5 Å². The van der Waals surface area contributed by atoms with Crippen molar-refractivity contribution in [2.75, 3.05) is 11.9 Å². The lowest BCUT2D eigenvalue weighted by molar-refractivity contribution is 0.338. The summed E-state index contributed by atoms with van der Waals surface area (Å²) >= 11 is 0. The first-order valence-corrected chi connectivity index (χ1v) is 7.67. The second-order valence-corrected chi connectivity index (χ2v) is 6.36. The zero-order valence-electron chi connectivity index (χ0n) is 12.6. The van der Waals surface area contributed by atoms with Crippen molar-refractivity contribution >= 4 is 5.69 Å². The zero-order chi connectivity index (χ0) is 13.8. The van der Waals surface area contributed by atoms with Crippen LogP contribution in [0.15, 0.2) is 18.2 Å². The van der Waals surface area contributed by atoms with Gasteiger partial charge in [-0.05, 0) is 55.6 Å².